The molecule has 1 fully saturated rings. The molecule has 0 aliphatic carbocycles. The van der Waals surface area contributed by atoms with Crippen LogP contribution >= 0.6 is 0 Å². The van der Waals surface area contributed by atoms with E-state index in [4.69, 9.17) is 13.9 Å². The molecule has 4 heteroatoms. The molecule has 1 aromatic heterocycles. The highest BCUT2D eigenvalue weighted by atomic mass is 16.5. The van der Waals surface area contributed by atoms with Crippen LogP contribution in [0, 0.1) is 5.92 Å². The lowest BCUT2D eigenvalue weighted by Crippen LogP contribution is -2.32. The maximum absolute atomic E-state index is 5.62. The second kappa shape index (κ2) is 3.55. The SMILES string of the molecule is c1nc2ccc(OCC3COC3)cc2o1. The molecule has 0 amide bonds. The van der Waals surface area contributed by atoms with Gasteiger partial charge >= 0.3 is 0 Å². The number of oxazole rings is 1. The zero-order chi connectivity index (χ0) is 10.1. The first-order valence-electron chi connectivity index (χ1n) is 4.95. The summed E-state index contributed by atoms with van der Waals surface area (Å²) in [6.45, 7) is 2.33. The van der Waals surface area contributed by atoms with E-state index in [1.165, 1.54) is 6.39 Å². The summed E-state index contributed by atoms with van der Waals surface area (Å²) in [5.74, 6) is 1.36. The standard InChI is InChI=1S/C11H11NO3/c1-2-10-11(15-7-12-10)3-9(1)14-6-8-4-13-5-8/h1-3,7-8H,4-6H2. The van der Waals surface area contributed by atoms with Gasteiger partial charge in [-0.3, -0.25) is 0 Å². The van der Waals surface area contributed by atoms with Crippen molar-refractivity contribution in [3.63, 3.8) is 0 Å². The largest absolute Gasteiger partial charge is 0.493 e. The molecule has 0 saturated carbocycles. The van der Waals surface area contributed by atoms with Crippen molar-refractivity contribution in [1.82, 2.24) is 4.98 Å². The Balaban J connectivity index is 1.72. The monoisotopic (exact) mass is 205 g/mol. The number of nitrogens with zero attached hydrogens (tertiary/aromatic N) is 1. The third kappa shape index (κ3) is 1.68. The normalized spacial score (nSPS) is 16.5. The van der Waals surface area contributed by atoms with Crippen molar-refractivity contribution in [1.29, 1.82) is 0 Å². The quantitative estimate of drug-likeness (QED) is 0.767. The first-order valence-corrected chi connectivity index (χ1v) is 4.95. The number of rotatable bonds is 3. The average Bonchev–Trinajstić information content (AvgIpc) is 2.62. The van der Waals surface area contributed by atoms with Crippen LogP contribution in [-0.4, -0.2) is 24.8 Å². The second-order valence-electron chi connectivity index (χ2n) is 3.70. The second-order valence-corrected chi connectivity index (χ2v) is 3.70. The van der Waals surface area contributed by atoms with E-state index in [1.807, 2.05) is 18.2 Å². The number of hydrogen-bond acceptors (Lipinski definition) is 4. The van der Waals surface area contributed by atoms with Crippen LogP contribution in [0.1, 0.15) is 0 Å². The number of fused-ring (bicyclic) bond motifs is 1. The van der Waals surface area contributed by atoms with Gasteiger partial charge in [-0.25, -0.2) is 4.98 Å². The highest BCUT2D eigenvalue weighted by Crippen LogP contribution is 2.21. The molecule has 1 aromatic carbocycles. The smallest absolute Gasteiger partial charge is 0.181 e. The van der Waals surface area contributed by atoms with Gasteiger partial charge in [0.15, 0.2) is 12.0 Å². The van der Waals surface area contributed by atoms with Crippen LogP contribution < -0.4 is 4.74 Å². The predicted molar refractivity (Wildman–Crippen MR) is 53.8 cm³/mol. The van der Waals surface area contributed by atoms with Crippen LogP contribution in [-0.2, 0) is 4.74 Å². The van der Waals surface area contributed by atoms with Crippen molar-refractivity contribution >= 4 is 11.1 Å². The number of ether oxygens (including phenoxy) is 2. The number of hydrogen-bond donors (Lipinski definition) is 0. The highest BCUT2D eigenvalue weighted by Gasteiger charge is 2.18. The molecule has 1 saturated heterocycles. The summed E-state index contributed by atoms with van der Waals surface area (Å²) in [6, 6.07) is 5.66. The summed E-state index contributed by atoms with van der Waals surface area (Å²) >= 11 is 0. The third-order valence-electron chi connectivity index (χ3n) is 2.50. The number of benzene rings is 1. The molecule has 3 rings (SSSR count). The van der Waals surface area contributed by atoms with Crippen molar-refractivity contribution in [2.24, 2.45) is 5.92 Å². The van der Waals surface area contributed by atoms with E-state index in [0.29, 0.717) is 12.5 Å². The molecule has 78 valence electrons. The fraction of sp³-hybridized carbons (Fsp3) is 0.364. The van der Waals surface area contributed by atoms with Gasteiger partial charge in [0.05, 0.1) is 19.8 Å². The van der Waals surface area contributed by atoms with Gasteiger partial charge in [0.1, 0.15) is 11.3 Å². The first-order chi connectivity index (χ1) is 7.42. The Kier molecular flexibility index (Phi) is 2.07. The van der Waals surface area contributed by atoms with Crippen LogP contribution in [0.25, 0.3) is 11.1 Å². The minimum absolute atomic E-state index is 0.537. The van der Waals surface area contributed by atoms with E-state index in [2.05, 4.69) is 4.98 Å². The topological polar surface area (TPSA) is 44.5 Å². The summed E-state index contributed by atoms with van der Waals surface area (Å²) in [6.07, 6.45) is 1.44. The minimum Gasteiger partial charge on any atom is -0.493 e. The molecule has 4 nitrogen and oxygen atoms in total. The molecular formula is C11H11NO3. The summed E-state index contributed by atoms with van der Waals surface area (Å²) in [7, 11) is 0. The van der Waals surface area contributed by atoms with E-state index >= 15 is 0 Å². The average molecular weight is 205 g/mol. The Morgan fingerprint density at radius 3 is 3.13 bits per heavy atom. The van der Waals surface area contributed by atoms with E-state index in [9.17, 15) is 0 Å². The lowest BCUT2D eigenvalue weighted by Gasteiger charge is -2.25. The first kappa shape index (κ1) is 8.73. The molecule has 1 aliphatic rings. The molecule has 2 heterocycles. The Labute approximate surface area is 86.8 Å². The van der Waals surface area contributed by atoms with Gasteiger partial charge in [0, 0.05) is 12.0 Å². The fourth-order valence-corrected chi connectivity index (χ4v) is 1.52. The zero-order valence-electron chi connectivity index (χ0n) is 8.18. The molecular weight excluding hydrogens is 194 g/mol. The lowest BCUT2D eigenvalue weighted by molar-refractivity contribution is -0.0508. The molecule has 0 radical (unpaired) electrons. The van der Waals surface area contributed by atoms with Crippen molar-refractivity contribution < 1.29 is 13.9 Å². The van der Waals surface area contributed by atoms with Crippen molar-refractivity contribution in [2.75, 3.05) is 19.8 Å². The Morgan fingerprint density at radius 1 is 1.40 bits per heavy atom. The van der Waals surface area contributed by atoms with Gasteiger partial charge in [-0.2, -0.15) is 0 Å². The van der Waals surface area contributed by atoms with Gasteiger partial charge in [0.2, 0.25) is 0 Å². The summed E-state index contributed by atoms with van der Waals surface area (Å²) in [5.41, 5.74) is 1.62. The van der Waals surface area contributed by atoms with Crippen LogP contribution in [0.15, 0.2) is 29.0 Å². The minimum atomic E-state index is 0.537. The van der Waals surface area contributed by atoms with Gasteiger partial charge in [0.25, 0.3) is 0 Å². The molecule has 1 aliphatic heterocycles. The van der Waals surface area contributed by atoms with Gasteiger partial charge < -0.3 is 13.9 Å². The van der Waals surface area contributed by atoms with Crippen molar-refractivity contribution in [3.8, 4) is 5.75 Å². The van der Waals surface area contributed by atoms with Crippen LogP contribution in [0.5, 0.6) is 5.75 Å². The van der Waals surface area contributed by atoms with Crippen LogP contribution in [0.2, 0.25) is 0 Å². The molecule has 0 atom stereocenters. The van der Waals surface area contributed by atoms with E-state index < -0.39 is 0 Å². The van der Waals surface area contributed by atoms with E-state index in [1.54, 1.807) is 0 Å². The third-order valence-corrected chi connectivity index (χ3v) is 2.50. The molecule has 0 bridgehead atoms. The fourth-order valence-electron chi connectivity index (χ4n) is 1.52. The van der Waals surface area contributed by atoms with Crippen LogP contribution in [0.3, 0.4) is 0 Å². The van der Waals surface area contributed by atoms with Gasteiger partial charge in [-0.05, 0) is 12.1 Å². The zero-order valence-corrected chi connectivity index (χ0v) is 8.18. The van der Waals surface area contributed by atoms with Gasteiger partial charge in [-0.1, -0.05) is 0 Å². The number of aromatic nitrogens is 1. The maximum Gasteiger partial charge on any atom is 0.181 e. The molecule has 0 spiro atoms. The van der Waals surface area contributed by atoms with Gasteiger partial charge in [-0.15, -0.1) is 0 Å². The summed E-state index contributed by atoms with van der Waals surface area (Å²) < 4.78 is 15.9. The lowest BCUT2D eigenvalue weighted by atomic mass is 10.1. The molecule has 0 N–H and O–H groups in total. The summed E-state index contributed by atoms with van der Waals surface area (Å²) in [4.78, 5) is 4.04. The predicted octanol–water partition coefficient (Wildman–Crippen LogP) is 1.85. The molecule has 15 heavy (non-hydrogen) atoms. The molecule has 2 aromatic rings. The summed E-state index contributed by atoms with van der Waals surface area (Å²) in [5, 5.41) is 0. The Morgan fingerprint density at radius 2 is 2.33 bits per heavy atom. The van der Waals surface area contributed by atoms with Crippen LogP contribution in [0.4, 0.5) is 0 Å². The molecule has 0 unspecified atom stereocenters. The highest BCUT2D eigenvalue weighted by molar-refractivity contribution is 5.73. The maximum atomic E-state index is 5.62. The van der Waals surface area contributed by atoms with Crippen molar-refractivity contribution in [2.45, 2.75) is 0 Å². The van der Waals surface area contributed by atoms with E-state index in [0.717, 1.165) is 30.1 Å². The van der Waals surface area contributed by atoms with E-state index in [-0.39, 0.29) is 0 Å². The Hall–Kier alpha value is -1.55. The van der Waals surface area contributed by atoms with Crippen molar-refractivity contribution in [3.05, 3.63) is 24.6 Å². The Bertz CT molecular complexity index is 462.